The molecule has 0 unspecified atom stereocenters. The van der Waals surface area contributed by atoms with E-state index in [4.69, 9.17) is 4.74 Å². The standard InChI is InChI=1S/C14H19N5O4/c1-14(22)10(21)8(5-20)23-13(14)19-7-17-9-11(18-3-2-4-18)15-6-16-12(9)19/h6-8,10,13,20-22H,2-5H2,1H3/t8-,10-,13-,14-/m1/s1. The number of aliphatic hydroxyl groups is 3. The van der Waals surface area contributed by atoms with Gasteiger partial charge in [-0.3, -0.25) is 4.57 Å². The zero-order chi connectivity index (χ0) is 16.2. The first kappa shape index (κ1) is 14.8. The molecule has 0 aliphatic carbocycles. The summed E-state index contributed by atoms with van der Waals surface area (Å²) in [5.41, 5.74) is -0.408. The highest BCUT2D eigenvalue weighted by atomic mass is 16.6. The summed E-state index contributed by atoms with van der Waals surface area (Å²) in [5.74, 6) is 0.761. The largest absolute Gasteiger partial charge is 0.394 e. The van der Waals surface area contributed by atoms with Gasteiger partial charge in [-0.15, -0.1) is 0 Å². The van der Waals surface area contributed by atoms with Gasteiger partial charge >= 0.3 is 0 Å². The van der Waals surface area contributed by atoms with E-state index in [1.54, 1.807) is 4.57 Å². The molecule has 0 saturated carbocycles. The van der Waals surface area contributed by atoms with E-state index in [9.17, 15) is 15.3 Å². The van der Waals surface area contributed by atoms with E-state index in [1.807, 2.05) is 0 Å². The molecule has 2 saturated heterocycles. The van der Waals surface area contributed by atoms with Gasteiger partial charge in [0.2, 0.25) is 0 Å². The van der Waals surface area contributed by atoms with Gasteiger partial charge in [0.05, 0.1) is 12.9 Å². The van der Waals surface area contributed by atoms with Gasteiger partial charge in [0, 0.05) is 13.1 Å². The zero-order valence-electron chi connectivity index (χ0n) is 12.7. The maximum atomic E-state index is 10.6. The Morgan fingerprint density at radius 3 is 2.74 bits per heavy atom. The van der Waals surface area contributed by atoms with Gasteiger partial charge in [0.1, 0.15) is 24.1 Å². The van der Waals surface area contributed by atoms with Gasteiger partial charge < -0.3 is 25.0 Å². The van der Waals surface area contributed by atoms with Gasteiger partial charge in [0.15, 0.2) is 23.2 Å². The number of nitrogens with zero attached hydrogens (tertiary/aromatic N) is 5. The molecule has 3 N–H and O–H groups in total. The highest BCUT2D eigenvalue weighted by Gasteiger charge is 2.53. The second-order valence-corrected chi connectivity index (χ2v) is 6.24. The quantitative estimate of drug-likeness (QED) is 0.662. The number of ether oxygens (including phenoxy) is 1. The molecule has 2 aromatic heterocycles. The molecule has 0 radical (unpaired) electrons. The minimum Gasteiger partial charge on any atom is -0.394 e. The second kappa shape index (κ2) is 5.10. The summed E-state index contributed by atoms with van der Waals surface area (Å²) in [7, 11) is 0. The molecule has 9 nitrogen and oxygen atoms in total. The van der Waals surface area contributed by atoms with Crippen LogP contribution in [0.1, 0.15) is 19.6 Å². The third kappa shape index (κ3) is 2.04. The van der Waals surface area contributed by atoms with Crippen molar-refractivity contribution in [1.82, 2.24) is 19.5 Å². The van der Waals surface area contributed by atoms with Crippen molar-refractivity contribution in [3.63, 3.8) is 0 Å². The predicted molar refractivity (Wildman–Crippen MR) is 79.8 cm³/mol. The lowest BCUT2D eigenvalue weighted by Crippen LogP contribution is -2.44. The molecule has 124 valence electrons. The Labute approximate surface area is 132 Å². The van der Waals surface area contributed by atoms with Crippen LogP contribution in [0.15, 0.2) is 12.7 Å². The van der Waals surface area contributed by atoms with Crippen molar-refractivity contribution < 1.29 is 20.1 Å². The highest BCUT2D eigenvalue weighted by molar-refractivity contribution is 5.83. The highest BCUT2D eigenvalue weighted by Crippen LogP contribution is 2.39. The SMILES string of the molecule is C[C@@]1(O)[C@H](O)[C@@H](CO)O[C@H]1n1cnc2c(N3CCC3)ncnc21. The van der Waals surface area contributed by atoms with Crippen LogP contribution in [0, 0.1) is 0 Å². The predicted octanol–water partition coefficient (Wildman–Crippen LogP) is -0.962. The molecule has 2 aliphatic rings. The van der Waals surface area contributed by atoms with Crippen LogP contribution in [0.4, 0.5) is 5.82 Å². The van der Waals surface area contributed by atoms with Crippen molar-refractivity contribution in [3.8, 4) is 0 Å². The number of fused-ring (bicyclic) bond motifs is 1. The molecule has 0 aromatic carbocycles. The molecule has 2 fully saturated rings. The number of aliphatic hydroxyl groups excluding tert-OH is 2. The Kier molecular flexibility index (Phi) is 3.27. The molecule has 2 aromatic rings. The normalized spacial score (nSPS) is 34.1. The lowest BCUT2D eigenvalue weighted by atomic mass is 9.96. The molecular weight excluding hydrogens is 302 g/mol. The van der Waals surface area contributed by atoms with Crippen LogP contribution in [0.5, 0.6) is 0 Å². The van der Waals surface area contributed by atoms with E-state index >= 15 is 0 Å². The van der Waals surface area contributed by atoms with E-state index in [-0.39, 0.29) is 6.61 Å². The zero-order valence-corrected chi connectivity index (χ0v) is 12.7. The van der Waals surface area contributed by atoms with Crippen LogP contribution < -0.4 is 4.90 Å². The summed E-state index contributed by atoms with van der Waals surface area (Å²) in [6.45, 7) is 2.96. The van der Waals surface area contributed by atoms with Gasteiger partial charge in [-0.2, -0.15) is 0 Å². The van der Waals surface area contributed by atoms with Crippen LogP contribution in [-0.2, 0) is 4.74 Å². The van der Waals surface area contributed by atoms with E-state index in [2.05, 4.69) is 19.9 Å². The van der Waals surface area contributed by atoms with Gasteiger partial charge in [-0.1, -0.05) is 0 Å². The minimum atomic E-state index is -1.57. The number of rotatable bonds is 3. The lowest BCUT2D eigenvalue weighted by molar-refractivity contribution is -0.0950. The van der Waals surface area contributed by atoms with Crippen molar-refractivity contribution in [2.75, 3.05) is 24.6 Å². The molecule has 9 heteroatoms. The number of imidazole rings is 1. The topological polar surface area (TPSA) is 117 Å². The lowest BCUT2D eigenvalue weighted by Gasteiger charge is -2.32. The third-order valence-electron chi connectivity index (χ3n) is 4.68. The number of hydrogen-bond acceptors (Lipinski definition) is 8. The van der Waals surface area contributed by atoms with Crippen LogP contribution >= 0.6 is 0 Å². The summed E-state index contributed by atoms with van der Waals surface area (Å²) < 4.78 is 7.21. The van der Waals surface area contributed by atoms with Gasteiger partial charge in [-0.25, -0.2) is 15.0 Å². The Bertz CT molecular complexity index is 729. The van der Waals surface area contributed by atoms with E-state index in [0.29, 0.717) is 11.2 Å². The fourth-order valence-corrected chi connectivity index (χ4v) is 3.16. The monoisotopic (exact) mass is 321 g/mol. The fourth-order valence-electron chi connectivity index (χ4n) is 3.16. The first-order chi connectivity index (χ1) is 11.0. The number of anilines is 1. The van der Waals surface area contributed by atoms with Gasteiger partial charge in [0.25, 0.3) is 0 Å². The number of aromatic nitrogens is 4. The van der Waals surface area contributed by atoms with Crippen molar-refractivity contribution in [2.24, 2.45) is 0 Å². The second-order valence-electron chi connectivity index (χ2n) is 6.24. The van der Waals surface area contributed by atoms with Crippen LogP contribution in [-0.4, -0.2) is 72.3 Å². The average molecular weight is 321 g/mol. The van der Waals surface area contributed by atoms with Crippen LogP contribution in [0.2, 0.25) is 0 Å². The van der Waals surface area contributed by atoms with Crippen molar-refractivity contribution in [3.05, 3.63) is 12.7 Å². The minimum absolute atomic E-state index is 0.380. The summed E-state index contributed by atoms with van der Waals surface area (Å²) in [6.07, 6.45) is 1.15. The Morgan fingerprint density at radius 1 is 1.35 bits per heavy atom. The van der Waals surface area contributed by atoms with Crippen molar-refractivity contribution in [2.45, 2.75) is 37.4 Å². The van der Waals surface area contributed by atoms with Crippen molar-refractivity contribution >= 4 is 17.0 Å². The number of hydrogen-bond donors (Lipinski definition) is 3. The molecule has 2 aliphatic heterocycles. The summed E-state index contributed by atoms with van der Waals surface area (Å²) in [4.78, 5) is 15.0. The first-order valence-corrected chi connectivity index (χ1v) is 7.63. The molecule has 4 atom stereocenters. The van der Waals surface area contributed by atoms with Gasteiger partial charge in [-0.05, 0) is 13.3 Å². The molecule has 0 amide bonds. The van der Waals surface area contributed by atoms with Crippen LogP contribution in [0.25, 0.3) is 11.2 Å². The summed E-state index contributed by atoms with van der Waals surface area (Å²) >= 11 is 0. The smallest absolute Gasteiger partial charge is 0.168 e. The van der Waals surface area contributed by atoms with Crippen molar-refractivity contribution in [1.29, 1.82) is 0 Å². The summed E-state index contributed by atoms with van der Waals surface area (Å²) in [6, 6.07) is 0. The molecule has 23 heavy (non-hydrogen) atoms. The molecular formula is C14H19N5O4. The molecule has 0 bridgehead atoms. The van der Waals surface area contributed by atoms with E-state index in [1.165, 1.54) is 19.6 Å². The van der Waals surface area contributed by atoms with Crippen LogP contribution in [0.3, 0.4) is 0 Å². The molecule has 4 heterocycles. The molecule has 0 spiro atoms. The maximum absolute atomic E-state index is 10.6. The average Bonchev–Trinajstić information content (AvgIpc) is 2.99. The van der Waals surface area contributed by atoms with E-state index < -0.39 is 24.0 Å². The maximum Gasteiger partial charge on any atom is 0.168 e. The van der Waals surface area contributed by atoms with E-state index in [0.717, 1.165) is 25.3 Å². The molecule has 4 rings (SSSR count). The fraction of sp³-hybridized carbons (Fsp3) is 0.643. The Morgan fingerprint density at radius 2 is 2.13 bits per heavy atom. The Balaban J connectivity index is 1.78. The third-order valence-corrected chi connectivity index (χ3v) is 4.68. The first-order valence-electron chi connectivity index (χ1n) is 7.63. The summed E-state index contributed by atoms with van der Waals surface area (Å²) in [5, 5.41) is 30.0. The Hall–Kier alpha value is -1.81.